The molecule has 6 heteroatoms. The highest BCUT2D eigenvalue weighted by molar-refractivity contribution is 7.84. The van der Waals surface area contributed by atoms with Gasteiger partial charge in [-0.25, -0.2) is 4.98 Å². The van der Waals surface area contributed by atoms with E-state index in [9.17, 15) is 4.21 Å². The summed E-state index contributed by atoms with van der Waals surface area (Å²) in [5, 5.41) is 3.90. The van der Waals surface area contributed by atoms with Gasteiger partial charge >= 0.3 is 0 Å². The van der Waals surface area contributed by atoms with Crippen LogP contribution >= 0.6 is 24.0 Å². The molecule has 2 rings (SSSR count). The highest BCUT2D eigenvalue weighted by Crippen LogP contribution is 2.11. The summed E-state index contributed by atoms with van der Waals surface area (Å²) in [6.45, 7) is 1.06. The van der Waals surface area contributed by atoms with Gasteiger partial charge in [-0.2, -0.15) is 0 Å². The van der Waals surface area contributed by atoms with E-state index < -0.39 is 10.8 Å². The molecule has 3 nitrogen and oxygen atoms in total. The molecule has 1 N–H and O–H groups in total. The van der Waals surface area contributed by atoms with Crippen molar-refractivity contribution in [2.45, 2.75) is 31.1 Å². The molecule has 1 aliphatic heterocycles. The number of hydrogen-bond acceptors (Lipinski definition) is 3. The molecule has 1 fully saturated rings. The highest BCUT2D eigenvalue weighted by Gasteiger charge is 2.15. The summed E-state index contributed by atoms with van der Waals surface area (Å²) in [7, 11) is -0.821. The Bertz CT molecular complexity index is 380. The normalized spacial score (nSPS) is 21.1. The maximum absolute atomic E-state index is 12.0. The molecule has 0 amide bonds. The molecule has 2 atom stereocenters. The first-order valence-corrected chi connectivity index (χ1v) is 7.79. The number of rotatable bonds is 4. The summed E-state index contributed by atoms with van der Waals surface area (Å²) in [5.41, 5.74) is 0.989. The molecule has 0 aliphatic carbocycles. The Balaban J connectivity index is 0.00000162. The summed E-state index contributed by atoms with van der Waals surface area (Å²) in [5.74, 6) is 1.31. The van der Waals surface area contributed by atoms with E-state index in [1.807, 2.05) is 6.07 Å². The van der Waals surface area contributed by atoms with E-state index in [1.165, 1.54) is 12.8 Å². The fraction of sp³-hybridized carbons (Fsp3) is 0.583. The average Bonchev–Trinajstić information content (AvgIpc) is 2.33. The minimum absolute atomic E-state index is 0. The van der Waals surface area contributed by atoms with Crippen LogP contribution in [0.5, 0.6) is 0 Å². The Hall–Kier alpha value is -0.160. The van der Waals surface area contributed by atoms with Crippen LogP contribution in [0.4, 0.5) is 0 Å². The third kappa shape index (κ3) is 5.22. The molecule has 0 spiro atoms. The van der Waals surface area contributed by atoms with Gasteiger partial charge in [0.2, 0.25) is 0 Å². The average molecular weight is 309 g/mol. The van der Waals surface area contributed by atoms with Gasteiger partial charge in [-0.1, -0.05) is 24.1 Å². The third-order valence-electron chi connectivity index (χ3n) is 2.92. The van der Waals surface area contributed by atoms with Crippen molar-refractivity contribution in [1.82, 2.24) is 10.3 Å². The Kier molecular flexibility index (Phi) is 7.15. The monoisotopic (exact) mass is 308 g/mol. The summed E-state index contributed by atoms with van der Waals surface area (Å²) in [6, 6.07) is 4.05. The first-order chi connectivity index (χ1) is 8.24. The van der Waals surface area contributed by atoms with Crippen LogP contribution in [-0.2, 0) is 16.6 Å². The van der Waals surface area contributed by atoms with Gasteiger partial charge in [0, 0.05) is 28.8 Å². The van der Waals surface area contributed by atoms with Crippen molar-refractivity contribution in [3.05, 3.63) is 29.0 Å². The lowest BCUT2D eigenvalue weighted by Gasteiger charge is -2.22. The molecule has 102 valence electrons. The predicted octanol–water partition coefficient (Wildman–Crippen LogP) is 2.55. The number of pyridine rings is 1. The standard InChI is InChI=1S/C12H17ClN2OS.ClH/c13-12-5-4-10(7-15-12)8-17(16)9-11-3-1-2-6-14-11;/h4-5,7,11,14H,1-3,6,8-9H2;1H. The van der Waals surface area contributed by atoms with E-state index in [2.05, 4.69) is 10.3 Å². The maximum atomic E-state index is 12.0. The second-order valence-electron chi connectivity index (χ2n) is 4.39. The van der Waals surface area contributed by atoms with Gasteiger partial charge < -0.3 is 5.32 Å². The largest absolute Gasteiger partial charge is 0.313 e. The van der Waals surface area contributed by atoms with Crippen molar-refractivity contribution in [3.63, 3.8) is 0 Å². The quantitative estimate of drug-likeness (QED) is 0.869. The van der Waals surface area contributed by atoms with E-state index in [1.54, 1.807) is 12.3 Å². The highest BCUT2D eigenvalue weighted by atomic mass is 35.5. The van der Waals surface area contributed by atoms with E-state index in [0.717, 1.165) is 24.3 Å². The lowest BCUT2D eigenvalue weighted by molar-refractivity contribution is 0.427. The van der Waals surface area contributed by atoms with Crippen LogP contribution in [0.15, 0.2) is 18.3 Å². The van der Waals surface area contributed by atoms with E-state index in [-0.39, 0.29) is 12.4 Å². The van der Waals surface area contributed by atoms with E-state index in [0.29, 0.717) is 16.9 Å². The van der Waals surface area contributed by atoms with Crippen LogP contribution in [0.25, 0.3) is 0 Å². The van der Waals surface area contributed by atoms with E-state index in [4.69, 9.17) is 11.6 Å². The summed E-state index contributed by atoms with van der Waals surface area (Å²) in [4.78, 5) is 3.99. The summed E-state index contributed by atoms with van der Waals surface area (Å²) < 4.78 is 12.0. The van der Waals surface area contributed by atoms with Gasteiger partial charge in [-0.3, -0.25) is 4.21 Å². The first kappa shape index (κ1) is 15.9. The Morgan fingerprint density at radius 1 is 1.44 bits per heavy atom. The van der Waals surface area contributed by atoms with E-state index >= 15 is 0 Å². The molecular weight excluding hydrogens is 291 g/mol. The number of halogens is 2. The fourth-order valence-corrected chi connectivity index (χ4v) is 3.53. The van der Waals surface area contributed by atoms with Crippen LogP contribution in [0.1, 0.15) is 24.8 Å². The molecule has 1 saturated heterocycles. The Morgan fingerprint density at radius 2 is 2.28 bits per heavy atom. The number of nitrogens with one attached hydrogen (secondary N) is 1. The molecule has 2 unspecified atom stereocenters. The minimum Gasteiger partial charge on any atom is -0.313 e. The Morgan fingerprint density at radius 3 is 2.89 bits per heavy atom. The molecule has 1 aromatic heterocycles. The molecule has 2 heterocycles. The molecule has 0 aromatic carbocycles. The molecular formula is C12H18Cl2N2OS. The zero-order valence-electron chi connectivity index (χ0n) is 10.1. The SMILES string of the molecule is Cl.O=S(Cc1ccc(Cl)nc1)CC1CCCCN1. The molecule has 0 saturated carbocycles. The first-order valence-electron chi connectivity index (χ1n) is 5.93. The summed E-state index contributed by atoms with van der Waals surface area (Å²) >= 11 is 5.71. The lowest BCUT2D eigenvalue weighted by atomic mass is 10.1. The van der Waals surface area contributed by atoms with Crippen LogP contribution < -0.4 is 5.32 Å². The molecule has 0 radical (unpaired) electrons. The minimum atomic E-state index is -0.821. The van der Waals surface area contributed by atoms with Crippen LogP contribution in [0, 0.1) is 0 Å². The molecule has 1 aromatic rings. The second-order valence-corrected chi connectivity index (χ2v) is 6.28. The van der Waals surface area contributed by atoms with Crippen molar-refractivity contribution in [3.8, 4) is 0 Å². The topological polar surface area (TPSA) is 42.0 Å². The van der Waals surface area contributed by atoms with Crippen LogP contribution in [-0.4, -0.2) is 27.5 Å². The maximum Gasteiger partial charge on any atom is 0.129 e. The van der Waals surface area contributed by atoms with Crippen molar-refractivity contribution >= 4 is 34.8 Å². The molecule has 1 aliphatic rings. The van der Waals surface area contributed by atoms with Gasteiger partial charge in [0.15, 0.2) is 0 Å². The van der Waals surface area contributed by atoms with Gasteiger partial charge in [0.1, 0.15) is 5.15 Å². The number of hydrogen-bond donors (Lipinski definition) is 1. The van der Waals surface area contributed by atoms with Gasteiger partial charge in [0.05, 0.1) is 5.75 Å². The number of aromatic nitrogens is 1. The molecule has 18 heavy (non-hydrogen) atoms. The zero-order chi connectivity index (χ0) is 12.1. The third-order valence-corrected chi connectivity index (χ3v) is 4.57. The summed E-state index contributed by atoms with van der Waals surface area (Å²) in [6.07, 6.45) is 5.33. The van der Waals surface area contributed by atoms with Crippen LogP contribution in [0.2, 0.25) is 5.15 Å². The smallest absolute Gasteiger partial charge is 0.129 e. The van der Waals surface area contributed by atoms with Crippen LogP contribution in [0.3, 0.4) is 0 Å². The van der Waals surface area contributed by atoms with Gasteiger partial charge in [-0.15, -0.1) is 12.4 Å². The number of nitrogens with zero attached hydrogens (tertiary/aromatic N) is 1. The van der Waals surface area contributed by atoms with Gasteiger partial charge in [-0.05, 0) is 31.0 Å². The second kappa shape index (κ2) is 8.10. The predicted molar refractivity (Wildman–Crippen MR) is 78.9 cm³/mol. The van der Waals surface area contributed by atoms with Crippen molar-refractivity contribution < 1.29 is 4.21 Å². The Labute approximate surface area is 122 Å². The zero-order valence-corrected chi connectivity index (χ0v) is 12.5. The number of piperidine rings is 1. The lowest BCUT2D eigenvalue weighted by Crippen LogP contribution is -2.38. The van der Waals surface area contributed by atoms with Crippen molar-refractivity contribution in [2.24, 2.45) is 0 Å². The van der Waals surface area contributed by atoms with Crippen molar-refractivity contribution in [1.29, 1.82) is 0 Å². The fourth-order valence-electron chi connectivity index (χ4n) is 2.03. The van der Waals surface area contributed by atoms with Gasteiger partial charge in [0.25, 0.3) is 0 Å². The van der Waals surface area contributed by atoms with Crippen molar-refractivity contribution in [2.75, 3.05) is 12.3 Å². The molecule has 0 bridgehead atoms.